The minimum Gasteiger partial charge on any atom is -0.330 e. The molecule has 1 unspecified atom stereocenters. The van der Waals surface area contributed by atoms with Gasteiger partial charge in [-0.05, 0) is 58.2 Å². The molecule has 2 N–H and O–H groups in total. The number of rotatable bonds is 4. The van der Waals surface area contributed by atoms with Crippen molar-refractivity contribution in [3.63, 3.8) is 0 Å². The van der Waals surface area contributed by atoms with E-state index in [2.05, 4.69) is 15.9 Å². The van der Waals surface area contributed by atoms with Crippen LogP contribution in [0.1, 0.15) is 17.0 Å². The topological polar surface area (TPSA) is 26.0 Å². The Bertz CT molecular complexity index is 572. The summed E-state index contributed by atoms with van der Waals surface area (Å²) in [7, 11) is 0. The summed E-state index contributed by atoms with van der Waals surface area (Å²) in [5, 5.41) is 0. The zero-order chi connectivity index (χ0) is 13.8. The summed E-state index contributed by atoms with van der Waals surface area (Å²) in [6.45, 7) is 0.343. The molecule has 0 amide bonds. The zero-order valence-corrected chi connectivity index (χ0v) is 11.8. The summed E-state index contributed by atoms with van der Waals surface area (Å²) in [6.07, 6.45) is 0.580. The van der Waals surface area contributed by atoms with Crippen LogP contribution in [0, 0.1) is 11.6 Å². The van der Waals surface area contributed by atoms with Crippen LogP contribution in [0.15, 0.2) is 46.9 Å². The highest BCUT2D eigenvalue weighted by atomic mass is 79.9. The van der Waals surface area contributed by atoms with Gasteiger partial charge in [0.2, 0.25) is 0 Å². The third kappa shape index (κ3) is 3.39. The third-order valence-corrected chi connectivity index (χ3v) is 3.70. The van der Waals surface area contributed by atoms with Crippen molar-refractivity contribution in [1.82, 2.24) is 0 Å². The molecule has 0 heterocycles. The average molecular weight is 326 g/mol. The van der Waals surface area contributed by atoms with Crippen molar-refractivity contribution in [2.75, 3.05) is 6.54 Å². The largest absolute Gasteiger partial charge is 0.330 e. The van der Waals surface area contributed by atoms with Crippen LogP contribution in [0.4, 0.5) is 8.78 Å². The number of halogens is 3. The number of nitrogens with two attached hydrogens (primary N) is 1. The Labute approximate surface area is 119 Å². The highest BCUT2D eigenvalue weighted by Crippen LogP contribution is 2.25. The summed E-state index contributed by atoms with van der Waals surface area (Å²) in [4.78, 5) is 0. The summed E-state index contributed by atoms with van der Waals surface area (Å²) in [5.74, 6) is -0.670. The van der Waals surface area contributed by atoms with Crippen LogP contribution in [0.3, 0.4) is 0 Å². The van der Waals surface area contributed by atoms with Crippen molar-refractivity contribution in [2.45, 2.75) is 12.3 Å². The van der Waals surface area contributed by atoms with E-state index in [0.717, 1.165) is 5.56 Å². The van der Waals surface area contributed by atoms with Gasteiger partial charge in [-0.2, -0.15) is 0 Å². The van der Waals surface area contributed by atoms with Gasteiger partial charge in [0.1, 0.15) is 11.6 Å². The fourth-order valence-corrected chi connectivity index (χ4v) is 2.50. The maximum atomic E-state index is 13.7. The van der Waals surface area contributed by atoms with Crippen molar-refractivity contribution < 1.29 is 8.78 Å². The van der Waals surface area contributed by atoms with Gasteiger partial charge < -0.3 is 5.73 Å². The van der Waals surface area contributed by atoms with E-state index in [0.29, 0.717) is 23.0 Å². The van der Waals surface area contributed by atoms with Gasteiger partial charge in [-0.1, -0.05) is 24.3 Å². The summed E-state index contributed by atoms with van der Waals surface area (Å²) in [5.41, 5.74) is 7.26. The van der Waals surface area contributed by atoms with E-state index in [-0.39, 0.29) is 17.6 Å². The third-order valence-electron chi connectivity index (χ3n) is 3.10. The van der Waals surface area contributed by atoms with E-state index >= 15 is 0 Å². The summed E-state index contributed by atoms with van der Waals surface area (Å²) >= 11 is 3.15. The first-order valence-electron chi connectivity index (χ1n) is 6.00. The van der Waals surface area contributed by atoms with Crippen LogP contribution in [0.5, 0.6) is 0 Å². The van der Waals surface area contributed by atoms with Gasteiger partial charge in [0.25, 0.3) is 0 Å². The van der Waals surface area contributed by atoms with Gasteiger partial charge in [-0.25, -0.2) is 8.78 Å². The maximum Gasteiger partial charge on any atom is 0.137 e. The van der Waals surface area contributed by atoms with Crippen molar-refractivity contribution >= 4 is 15.9 Å². The Morgan fingerprint density at radius 1 is 1.05 bits per heavy atom. The second kappa shape index (κ2) is 6.26. The number of benzene rings is 2. The maximum absolute atomic E-state index is 13.7. The van der Waals surface area contributed by atoms with Crippen molar-refractivity contribution in [3.8, 4) is 0 Å². The molecule has 19 heavy (non-hydrogen) atoms. The van der Waals surface area contributed by atoms with E-state index in [1.54, 1.807) is 30.3 Å². The SMILES string of the molecule is NCC(Cc1ccc(F)c(Br)c1)c1ccccc1F. The lowest BCUT2D eigenvalue weighted by Gasteiger charge is -2.16. The Morgan fingerprint density at radius 3 is 2.42 bits per heavy atom. The molecule has 4 heteroatoms. The molecule has 0 radical (unpaired) electrons. The predicted octanol–water partition coefficient (Wildman–Crippen LogP) is 4.01. The Hall–Kier alpha value is -1.26. The minimum atomic E-state index is -0.307. The first kappa shape index (κ1) is 14.2. The number of hydrogen-bond donors (Lipinski definition) is 1. The van der Waals surface area contributed by atoms with Gasteiger partial charge in [-0.3, -0.25) is 0 Å². The van der Waals surface area contributed by atoms with Crippen LogP contribution >= 0.6 is 15.9 Å². The zero-order valence-electron chi connectivity index (χ0n) is 10.2. The van der Waals surface area contributed by atoms with Crippen LogP contribution in [0.2, 0.25) is 0 Å². The van der Waals surface area contributed by atoms with Gasteiger partial charge in [-0.15, -0.1) is 0 Å². The molecule has 0 saturated carbocycles. The Balaban J connectivity index is 2.24. The average Bonchev–Trinajstić information content (AvgIpc) is 2.41. The fraction of sp³-hybridized carbons (Fsp3) is 0.200. The lowest BCUT2D eigenvalue weighted by molar-refractivity contribution is 0.574. The molecule has 0 saturated heterocycles. The molecule has 100 valence electrons. The van der Waals surface area contributed by atoms with E-state index in [1.165, 1.54) is 12.1 Å². The van der Waals surface area contributed by atoms with Gasteiger partial charge in [0.15, 0.2) is 0 Å². The lowest BCUT2D eigenvalue weighted by atomic mass is 9.92. The first-order valence-corrected chi connectivity index (χ1v) is 6.79. The quantitative estimate of drug-likeness (QED) is 0.903. The first-order chi connectivity index (χ1) is 9.11. The molecule has 0 aliphatic rings. The summed E-state index contributed by atoms with van der Waals surface area (Å²) < 4.78 is 27.3. The molecule has 0 aliphatic heterocycles. The monoisotopic (exact) mass is 325 g/mol. The van der Waals surface area contributed by atoms with Crippen LogP contribution in [-0.4, -0.2) is 6.54 Å². The number of hydrogen-bond acceptors (Lipinski definition) is 1. The molecule has 0 aliphatic carbocycles. The molecule has 2 aromatic rings. The standard InChI is InChI=1S/C15H14BrF2N/c16-13-8-10(5-6-15(13)18)7-11(9-19)12-3-1-2-4-14(12)17/h1-6,8,11H,7,9,19H2. The van der Waals surface area contributed by atoms with Gasteiger partial charge in [0.05, 0.1) is 4.47 Å². The lowest BCUT2D eigenvalue weighted by Crippen LogP contribution is -2.16. The molecule has 1 atom stereocenters. The molecular formula is C15H14BrF2N. The predicted molar refractivity (Wildman–Crippen MR) is 76.0 cm³/mol. The highest BCUT2D eigenvalue weighted by molar-refractivity contribution is 9.10. The van der Waals surface area contributed by atoms with Crippen molar-refractivity contribution in [3.05, 3.63) is 69.7 Å². The molecular weight excluding hydrogens is 312 g/mol. The van der Waals surface area contributed by atoms with Gasteiger partial charge >= 0.3 is 0 Å². The molecule has 2 rings (SSSR count). The second-order valence-corrected chi connectivity index (χ2v) is 5.26. The van der Waals surface area contributed by atoms with Crippen LogP contribution in [0.25, 0.3) is 0 Å². The Morgan fingerprint density at radius 2 is 1.79 bits per heavy atom. The van der Waals surface area contributed by atoms with Crippen molar-refractivity contribution in [2.24, 2.45) is 5.73 Å². The fourth-order valence-electron chi connectivity index (χ4n) is 2.08. The molecule has 2 aromatic carbocycles. The molecule has 1 nitrogen and oxygen atoms in total. The van der Waals surface area contributed by atoms with E-state index in [4.69, 9.17) is 5.73 Å². The molecule has 0 fully saturated rings. The smallest absolute Gasteiger partial charge is 0.137 e. The molecule has 0 spiro atoms. The summed E-state index contributed by atoms with van der Waals surface area (Å²) in [6, 6.07) is 11.4. The van der Waals surface area contributed by atoms with Crippen molar-refractivity contribution in [1.29, 1.82) is 0 Å². The molecule has 0 bridgehead atoms. The highest BCUT2D eigenvalue weighted by Gasteiger charge is 2.15. The van der Waals surface area contributed by atoms with E-state index in [1.807, 2.05) is 0 Å². The molecule has 0 aromatic heterocycles. The minimum absolute atomic E-state index is 0.112. The second-order valence-electron chi connectivity index (χ2n) is 4.41. The van der Waals surface area contributed by atoms with Crippen LogP contribution in [-0.2, 0) is 6.42 Å². The van der Waals surface area contributed by atoms with E-state index < -0.39 is 0 Å². The Kier molecular flexibility index (Phi) is 4.66. The van der Waals surface area contributed by atoms with Gasteiger partial charge in [0, 0.05) is 5.92 Å². The van der Waals surface area contributed by atoms with E-state index in [9.17, 15) is 8.78 Å². The normalized spacial score (nSPS) is 12.4. The van der Waals surface area contributed by atoms with Crippen LogP contribution < -0.4 is 5.73 Å².